The average Bonchev–Trinajstić information content (AvgIpc) is 2.74. The van der Waals surface area contributed by atoms with Gasteiger partial charge in [-0.1, -0.05) is 66.7 Å². The Labute approximate surface area is 176 Å². The maximum absolute atomic E-state index is 8.49. The Balaban J connectivity index is 0.000000461. The highest BCUT2D eigenvalue weighted by molar-refractivity contribution is 5.64. The first-order valence-corrected chi connectivity index (χ1v) is 10.4. The number of benzene rings is 3. The van der Waals surface area contributed by atoms with Crippen LogP contribution < -0.4 is 18.6 Å². The Kier molecular flexibility index (Phi) is 7.30. The van der Waals surface area contributed by atoms with Gasteiger partial charge in [0.05, 0.1) is 11.1 Å². The van der Waals surface area contributed by atoms with Gasteiger partial charge in [0.15, 0.2) is 0 Å². The zero-order valence-corrected chi connectivity index (χ0v) is 16.7. The molecule has 0 bridgehead atoms. The van der Waals surface area contributed by atoms with Crippen LogP contribution in [0.3, 0.4) is 0 Å². The molecular formula is C24H19ClO5. The van der Waals surface area contributed by atoms with Gasteiger partial charge in [-0.2, -0.15) is 0 Å². The van der Waals surface area contributed by atoms with Crippen LogP contribution in [0, 0.1) is 10.2 Å². The molecule has 6 heteroatoms. The molecule has 4 aromatic rings. The van der Waals surface area contributed by atoms with Crippen molar-refractivity contribution in [1.82, 2.24) is 0 Å². The summed E-state index contributed by atoms with van der Waals surface area (Å²) in [5.74, 6) is 1.79. The van der Waals surface area contributed by atoms with Crippen LogP contribution in [0.15, 0.2) is 108 Å². The molecule has 0 N–H and O–H groups in total. The SMILES string of the molecule is [O-][Cl+3]([O-])([O-])[O-].c1ccc(Cc2cc(-c3ccccc3)[o+]c(-c3ccccc3)c2)cc1. The first kappa shape index (κ1) is 21.6. The highest BCUT2D eigenvalue weighted by Gasteiger charge is 2.19. The van der Waals surface area contributed by atoms with Crippen LogP contribution in [0.25, 0.3) is 22.6 Å². The van der Waals surface area contributed by atoms with E-state index in [2.05, 4.69) is 66.7 Å². The Bertz CT molecular complexity index is 985. The summed E-state index contributed by atoms with van der Waals surface area (Å²) in [5, 5.41) is 0. The molecule has 0 atom stereocenters. The maximum atomic E-state index is 8.49. The predicted molar refractivity (Wildman–Crippen MR) is 103 cm³/mol. The third kappa shape index (κ3) is 7.08. The van der Waals surface area contributed by atoms with Crippen LogP contribution in [0.1, 0.15) is 11.1 Å². The van der Waals surface area contributed by atoms with Crippen molar-refractivity contribution in [3.8, 4) is 22.6 Å². The fourth-order valence-corrected chi connectivity index (χ4v) is 2.98. The van der Waals surface area contributed by atoms with Crippen molar-refractivity contribution < 1.29 is 33.3 Å². The lowest BCUT2D eigenvalue weighted by Crippen LogP contribution is -2.68. The number of hydrogen-bond acceptors (Lipinski definition) is 4. The highest BCUT2D eigenvalue weighted by atomic mass is 35.7. The average molecular weight is 423 g/mol. The van der Waals surface area contributed by atoms with E-state index < -0.39 is 10.2 Å². The van der Waals surface area contributed by atoms with Gasteiger partial charge in [-0.25, -0.2) is 23.1 Å². The van der Waals surface area contributed by atoms with Gasteiger partial charge in [0.2, 0.25) is 0 Å². The molecule has 0 spiro atoms. The third-order valence-corrected chi connectivity index (χ3v) is 4.22. The van der Waals surface area contributed by atoms with Crippen LogP contribution in [0.4, 0.5) is 0 Å². The third-order valence-electron chi connectivity index (χ3n) is 4.22. The molecule has 0 aliphatic carbocycles. The van der Waals surface area contributed by atoms with Gasteiger partial charge in [-0.15, -0.1) is 10.2 Å². The first-order chi connectivity index (χ1) is 14.4. The molecule has 152 valence electrons. The zero-order chi connectivity index (χ0) is 21.4. The van der Waals surface area contributed by atoms with E-state index in [1.807, 2.05) is 36.4 Å². The molecule has 1 heterocycles. The smallest absolute Gasteiger partial charge is 0.222 e. The molecule has 3 aromatic carbocycles. The van der Waals surface area contributed by atoms with Gasteiger partial charge < -0.3 is 0 Å². The summed E-state index contributed by atoms with van der Waals surface area (Å²) in [4.78, 5) is 0. The highest BCUT2D eigenvalue weighted by Crippen LogP contribution is 2.29. The van der Waals surface area contributed by atoms with Gasteiger partial charge in [0, 0.05) is 12.1 Å². The Morgan fingerprint density at radius 3 is 1.30 bits per heavy atom. The molecule has 0 unspecified atom stereocenters. The van der Waals surface area contributed by atoms with E-state index in [0.717, 1.165) is 29.1 Å². The van der Waals surface area contributed by atoms with E-state index >= 15 is 0 Å². The number of halogens is 1. The summed E-state index contributed by atoms with van der Waals surface area (Å²) >= 11 is 0. The molecule has 0 aliphatic heterocycles. The van der Waals surface area contributed by atoms with E-state index in [4.69, 9.17) is 23.1 Å². The van der Waals surface area contributed by atoms with Crippen molar-refractivity contribution in [2.24, 2.45) is 0 Å². The second-order valence-corrected chi connectivity index (χ2v) is 7.22. The topological polar surface area (TPSA) is 104 Å². The lowest BCUT2D eigenvalue weighted by Gasteiger charge is -2.17. The van der Waals surface area contributed by atoms with Crippen LogP contribution in [-0.4, -0.2) is 0 Å². The van der Waals surface area contributed by atoms with Crippen LogP contribution in [0.5, 0.6) is 0 Å². The first-order valence-electron chi connectivity index (χ1n) is 9.12. The molecule has 4 rings (SSSR count). The van der Waals surface area contributed by atoms with Gasteiger partial charge in [0.1, 0.15) is 0 Å². The van der Waals surface area contributed by atoms with Crippen molar-refractivity contribution >= 4 is 0 Å². The monoisotopic (exact) mass is 422 g/mol. The molecule has 0 saturated carbocycles. The lowest BCUT2D eigenvalue weighted by molar-refractivity contribution is -2.00. The van der Waals surface area contributed by atoms with Crippen molar-refractivity contribution in [3.63, 3.8) is 0 Å². The van der Waals surface area contributed by atoms with Crippen molar-refractivity contribution in [3.05, 3.63) is 114 Å². The summed E-state index contributed by atoms with van der Waals surface area (Å²) in [6, 6.07) is 35.4. The normalized spacial score (nSPS) is 10.8. The molecule has 30 heavy (non-hydrogen) atoms. The van der Waals surface area contributed by atoms with Gasteiger partial charge in [-0.3, -0.25) is 0 Å². The number of rotatable bonds is 4. The second kappa shape index (κ2) is 10.1. The summed E-state index contributed by atoms with van der Waals surface area (Å²) in [5.41, 5.74) is 4.73. The maximum Gasteiger partial charge on any atom is 0.361 e. The summed E-state index contributed by atoms with van der Waals surface area (Å²) < 4.78 is 40.2. The zero-order valence-electron chi connectivity index (χ0n) is 15.9. The van der Waals surface area contributed by atoms with E-state index in [9.17, 15) is 0 Å². The fourth-order valence-electron chi connectivity index (χ4n) is 2.98. The summed E-state index contributed by atoms with van der Waals surface area (Å²) in [6.45, 7) is 0. The minimum absolute atomic E-state index is 0.886. The van der Waals surface area contributed by atoms with Gasteiger partial charge in [0.25, 0.3) is 0 Å². The molecular weight excluding hydrogens is 404 g/mol. The van der Waals surface area contributed by atoms with Crippen LogP contribution >= 0.6 is 0 Å². The van der Waals surface area contributed by atoms with Crippen molar-refractivity contribution in [2.45, 2.75) is 6.42 Å². The second-order valence-electron chi connectivity index (χ2n) is 6.47. The summed E-state index contributed by atoms with van der Waals surface area (Å²) in [6.07, 6.45) is 0.886. The minimum Gasteiger partial charge on any atom is -0.222 e. The molecule has 0 amide bonds. The molecule has 0 radical (unpaired) electrons. The van der Waals surface area contributed by atoms with Crippen molar-refractivity contribution in [1.29, 1.82) is 0 Å². The van der Waals surface area contributed by atoms with Gasteiger partial charge >= 0.3 is 11.5 Å². The van der Waals surface area contributed by atoms with Gasteiger partial charge in [-0.05, 0) is 41.8 Å². The number of hydrogen-bond donors (Lipinski definition) is 0. The fraction of sp³-hybridized carbons (Fsp3) is 0.0417. The van der Waals surface area contributed by atoms with Crippen molar-refractivity contribution in [2.75, 3.05) is 0 Å². The van der Waals surface area contributed by atoms with Crippen LogP contribution in [0.2, 0.25) is 0 Å². The van der Waals surface area contributed by atoms with Crippen LogP contribution in [-0.2, 0) is 6.42 Å². The summed E-state index contributed by atoms with van der Waals surface area (Å²) in [7, 11) is -4.94. The lowest BCUT2D eigenvalue weighted by atomic mass is 10.0. The largest absolute Gasteiger partial charge is 0.361 e. The minimum atomic E-state index is -4.94. The van der Waals surface area contributed by atoms with E-state index in [1.54, 1.807) is 0 Å². The Morgan fingerprint density at radius 2 is 0.900 bits per heavy atom. The van der Waals surface area contributed by atoms with E-state index in [1.165, 1.54) is 11.1 Å². The Hall–Kier alpha value is -3.06. The van der Waals surface area contributed by atoms with E-state index in [-0.39, 0.29) is 0 Å². The van der Waals surface area contributed by atoms with E-state index in [0.29, 0.717) is 0 Å². The quantitative estimate of drug-likeness (QED) is 0.466. The Morgan fingerprint density at radius 1 is 0.533 bits per heavy atom. The molecule has 0 fully saturated rings. The molecule has 0 aliphatic rings. The predicted octanol–water partition coefficient (Wildman–Crippen LogP) is 1.73. The molecule has 0 saturated heterocycles. The molecule has 5 nitrogen and oxygen atoms in total. The standard InChI is InChI=1S/C24H19O.ClHO4/c1-4-10-19(11-5-1)16-20-17-23(21-12-6-2-7-13-21)25-24(18-20)22-14-8-3-9-15-22;2-1(3,4)5/h1-15,17-18H,16H2;(H,2,3,4,5)/q+1;/p-1. The molecule has 1 aromatic heterocycles.